The van der Waals surface area contributed by atoms with Crippen LogP contribution in [0.3, 0.4) is 0 Å². The van der Waals surface area contributed by atoms with Gasteiger partial charge in [-0.1, -0.05) is 47.5 Å². The second kappa shape index (κ2) is 12.3. The van der Waals surface area contributed by atoms with Gasteiger partial charge in [-0.15, -0.1) is 0 Å². The highest BCUT2D eigenvalue weighted by Gasteiger charge is 2.21. The van der Waals surface area contributed by atoms with Gasteiger partial charge in [-0.25, -0.2) is 18.7 Å². The summed E-state index contributed by atoms with van der Waals surface area (Å²) < 4.78 is 22.8. The lowest BCUT2D eigenvalue weighted by atomic mass is 10.1. The Balaban J connectivity index is 1.32. The molecule has 42 heavy (non-hydrogen) atoms. The number of ether oxygens (including phenoxy) is 1. The number of rotatable bonds is 7. The van der Waals surface area contributed by atoms with E-state index in [9.17, 15) is 4.79 Å². The molecule has 214 valence electrons. The van der Waals surface area contributed by atoms with E-state index < -0.39 is 11.8 Å². The fourth-order valence-corrected chi connectivity index (χ4v) is 5.12. The third-order valence-electron chi connectivity index (χ3n) is 6.86. The van der Waals surface area contributed by atoms with Crippen LogP contribution in [0.4, 0.5) is 32.1 Å². The van der Waals surface area contributed by atoms with E-state index in [1.807, 2.05) is 40.9 Å². The number of hydrogen-bond donors (Lipinski definition) is 3. The Bertz CT molecular complexity index is 1740. The van der Waals surface area contributed by atoms with Crippen molar-refractivity contribution in [3.05, 3.63) is 101 Å². The fraction of sp³-hybridized carbons (Fsp3) is 0.167. The third-order valence-corrected chi connectivity index (χ3v) is 7.60. The van der Waals surface area contributed by atoms with Crippen molar-refractivity contribution in [2.45, 2.75) is 6.54 Å². The highest BCUT2D eigenvalue weighted by Crippen LogP contribution is 2.35. The maximum Gasteiger partial charge on any atom is 0.323 e. The van der Waals surface area contributed by atoms with E-state index in [4.69, 9.17) is 27.9 Å². The number of amides is 2. The normalized spacial score (nSPS) is 13.7. The molecule has 1 fully saturated rings. The lowest BCUT2D eigenvalue weighted by molar-refractivity contribution is 0.0334. The van der Waals surface area contributed by atoms with Crippen LogP contribution in [0, 0.1) is 5.82 Å². The molecule has 0 bridgehead atoms. The topological polar surface area (TPSA) is 95.8 Å². The smallest absolute Gasteiger partial charge is 0.323 e. The molecule has 1 saturated heterocycles. The molecule has 0 aliphatic carbocycles. The maximum atomic E-state index is 15.4. The van der Waals surface area contributed by atoms with E-state index in [2.05, 4.69) is 30.9 Å². The number of nitrogens with one attached hydrogen (secondary N) is 3. The van der Waals surface area contributed by atoms with Crippen molar-refractivity contribution in [1.29, 1.82) is 0 Å². The molecule has 1 aliphatic rings. The van der Waals surface area contributed by atoms with Crippen LogP contribution in [0.15, 0.2) is 79.1 Å². The zero-order valence-corrected chi connectivity index (χ0v) is 23.8. The third kappa shape index (κ3) is 6.17. The highest BCUT2D eigenvalue weighted by molar-refractivity contribution is 6.42. The predicted octanol–water partition coefficient (Wildman–Crippen LogP) is 7.06. The zero-order chi connectivity index (χ0) is 29.1. The molecule has 3 N–H and O–H groups in total. The van der Waals surface area contributed by atoms with Gasteiger partial charge in [0.05, 0.1) is 34.6 Å². The number of carbonyl (C=O) groups excluding carboxylic acids is 1. The van der Waals surface area contributed by atoms with Gasteiger partial charge in [0.25, 0.3) is 0 Å². The van der Waals surface area contributed by atoms with Crippen LogP contribution in [0.2, 0.25) is 10.0 Å². The van der Waals surface area contributed by atoms with Crippen LogP contribution in [0.1, 0.15) is 5.69 Å². The molecular weight excluding hydrogens is 580 g/mol. The number of urea groups is 1. The van der Waals surface area contributed by atoms with Gasteiger partial charge >= 0.3 is 6.03 Å². The summed E-state index contributed by atoms with van der Waals surface area (Å²) in [6.45, 7) is 3.60. The molecule has 3 aromatic carbocycles. The van der Waals surface area contributed by atoms with Crippen molar-refractivity contribution in [3.63, 3.8) is 0 Å². The second-order valence-corrected chi connectivity index (χ2v) is 10.5. The Morgan fingerprint density at radius 2 is 1.74 bits per heavy atom. The lowest BCUT2D eigenvalue weighted by Gasteiger charge is -2.26. The number of nitrogens with zero attached hydrogens (tertiary/aromatic N) is 4. The van der Waals surface area contributed by atoms with Gasteiger partial charge in [-0.3, -0.25) is 4.90 Å². The number of anilines is 4. The largest absolute Gasteiger partial charge is 0.379 e. The van der Waals surface area contributed by atoms with Crippen molar-refractivity contribution in [1.82, 2.24) is 19.5 Å². The van der Waals surface area contributed by atoms with Crippen molar-refractivity contribution in [2.75, 3.05) is 42.3 Å². The average Bonchev–Trinajstić information content (AvgIpc) is 3.36. The molecule has 9 nitrogen and oxygen atoms in total. The van der Waals surface area contributed by atoms with E-state index in [0.29, 0.717) is 52.4 Å². The SMILES string of the molecule is O=C(Nc1ccc(Cl)c(Cl)c1)Nc1ccc(-c2cc(CN3CCOCC3)n3ncnc(Nc4ccccc4)c23)cc1F. The van der Waals surface area contributed by atoms with E-state index in [-0.39, 0.29) is 5.69 Å². The van der Waals surface area contributed by atoms with Gasteiger partial charge in [0, 0.05) is 36.6 Å². The standard InChI is InChI=1S/C30H26Cl2FN7O2/c31-24-8-7-21(15-25(24)32)37-30(41)38-27-9-6-19(14-26(27)33)23-16-22(17-39-10-12-42-13-11-39)40-28(23)29(34-18-35-40)36-20-4-2-1-3-5-20/h1-9,14-16,18H,10-13,17H2,(H,34,35,36)(H2,37,38,41). The minimum absolute atomic E-state index is 0.0206. The Hall–Kier alpha value is -4.22. The molecule has 3 heterocycles. The van der Waals surface area contributed by atoms with E-state index in [1.165, 1.54) is 24.5 Å². The molecule has 0 unspecified atom stereocenters. The quantitative estimate of drug-likeness (QED) is 0.184. The van der Waals surface area contributed by atoms with E-state index in [1.54, 1.807) is 18.2 Å². The van der Waals surface area contributed by atoms with Crippen LogP contribution in [-0.4, -0.2) is 51.8 Å². The Morgan fingerprint density at radius 1 is 0.929 bits per heavy atom. The molecule has 6 rings (SSSR count). The van der Waals surface area contributed by atoms with Crippen LogP contribution >= 0.6 is 23.2 Å². The summed E-state index contributed by atoms with van der Waals surface area (Å²) in [4.78, 5) is 19.4. The number of carbonyl (C=O) groups is 1. The van der Waals surface area contributed by atoms with Gasteiger partial charge in [0.15, 0.2) is 5.82 Å². The van der Waals surface area contributed by atoms with Crippen LogP contribution in [0.5, 0.6) is 0 Å². The maximum absolute atomic E-state index is 15.4. The molecular formula is C30H26Cl2FN7O2. The number of morpholine rings is 1. The number of aromatic nitrogens is 3. The van der Waals surface area contributed by atoms with Crippen molar-refractivity contribution in [3.8, 4) is 11.1 Å². The van der Waals surface area contributed by atoms with E-state index in [0.717, 1.165) is 30.0 Å². The lowest BCUT2D eigenvalue weighted by Crippen LogP contribution is -2.36. The predicted molar refractivity (Wildman–Crippen MR) is 163 cm³/mol. The van der Waals surface area contributed by atoms with Crippen molar-refractivity contribution >= 4 is 57.6 Å². The molecule has 0 atom stereocenters. The molecule has 0 saturated carbocycles. The average molecular weight is 606 g/mol. The van der Waals surface area contributed by atoms with Gasteiger partial charge < -0.3 is 20.7 Å². The summed E-state index contributed by atoms with van der Waals surface area (Å²) in [5, 5.41) is 13.8. The number of fused-ring (bicyclic) bond motifs is 1. The monoisotopic (exact) mass is 605 g/mol. The van der Waals surface area contributed by atoms with Gasteiger partial charge in [0.2, 0.25) is 0 Å². The van der Waals surface area contributed by atoms with Crippen LogP contribution in [0.25, 0.3) is 16.6 Å². The molecule has 0 radical (unpaired) electrons. The van der Waals surface area contributed by atoms with Crippen molar-refractivity contribution in [2.24, 2.45) is 0 Å². The van der Waals surface area contributed by atoms with Crippen LogP contribution < -0.4 is 16.0 Å². The number of hydrogen-bond acceptors (Lipinski definition) is 6. The van der Waals surface area contributed by atoms with Crippen molar-refractivity contribution < 1.29 is 13.9 Å². The molecule has 5 aromatic rings. The first-order valence-electron chi connectivity index (χ1n) is 13.3. The Labute approximate surface area is 251 Å². The summed E-state index contributed by atoms with van der Waals surface area (Å²) in [5.41, 5.74) is 4.31. The highest BCUT2D eigenvalue weighted by atomic mass is 35.5. The first-order chi connectivity index (χ1) is 20.4. The summed E-state index contributed by atoms with van der Waals surface area (Å²) in [6, 6.07) is 20.4. The van der Waals surface area contributed by atoms with Gasteiger partial charge in [-0.05, 0) is 54.1 Å². The molecule has 2 aromatic heterocycles. The summed E-state index contributed by atoms with van der Waals surface area (Å²) >= 11 is 12.0. The summed E-state index contributed by atoms with van der Waals surface area (Å²) in [6.07, 6.45) is 1.50. The second-order valence-electron chi connectivity index (χ2n) is 9.70. The van der Waals surface area contributed by atoms with Gasteiger partial charge in [-0.2, -0.15) is 5.10 Å². The Morgan fingerprint density at radius 3 is 2.50 bits per heavy atom. The fourth-order valence-electron chi connectivity index (χ4n) is 4.82. The molecule has 1 aliphatic heterocycles. The van der Waals surface area contributed by atoms with Gasteiger partial charge in [0.1, 0.15) is 17.7 Å². The molecule has 0 spiro atoms. The minimum Gasteiger partial charge on any atom is -0.379 e. The minimum atomic E-state index is -0.620. The summed E-state index contributed by atoms with van der Waals surface area (Å²) in [5.74, 6) is -0.0108. The van der Waals surface area contributed by atoms with E-state index >= 15 is 4.39 Å². The summed E-state index contributed by atoms with van der Waals surface area (Å²) in [7, 11) is 0. The number of para-hydroxylation sites is 1. The molecule has 12 heteroatoms. The molecule has 2 amide bonds. The van der Waals surface area contributed by atoms with Crippen LogP contribution in [-0.2, 0) is 11.3 Å². The number of halogens is 3. The first-order valence-corrected chi connectivity index (χ1v) is 14.0. The zero-order valence-electron chi connectivity index (χ0n) is 22.3. The number of benzene rings is 3. The Kier molecular flexibility index (Phi) is 8.20. The first kappa shape index (κ1) is 27.9.